The van der Waals surface area contributed by atoms with E-state index in [1.165, 1.54) is 12.1 Å². The molecular weight excluding hydrogens is 172 g/mol. The Labute approximate surface area is 75.3 Å². The number of fused-ring (bicyclic) bond motifs is 1. The molecule has 0 fully saturated rings. The van der Waals surface area contributed by atoms with Crippen molar-refractivity contribution in [3.63, 3.8) is 0 Å². The predicted octanol–water partition coefficient (Wildman–Crippen LogP) is 1.61. The SMILES string of the molecule is CC1(C)Oc2c(O)ccc(O)c2O1. The summed E-state index contributed by atoms with van der Waals surface area (Å²) in [4.78, 5) is 0. The second-order valence-corrected chi connectivity index (χ2v) is 3.37. The Bertz CT molecular complexity index is 324. The van der Waals surface area contributed by atoms with Gasteiger partial charge in [-0.25, -0.2) is 0 Å². The minimum atomic E-state index is -0.835. The molecule has 0 aromatic heterocycles. The van der Waals surface area contributed by atoms with Crippen molar-refractivity contribution in [3.8, 4) is 23.0 Å². The first kappa shape index (κ1) is 8.04. The zero-order chi connectivity index (χ0) is 9.64. The maximum absolute atomic E-state index is 9.37. The van der Waals surface area contributed by atoms with Crippen LogP contribution in [0.3, 0.4) is 0 Å². The average molecular weight is 182 g/mol. The molecule has 0 aliphatic carbocycles. The van der Waals surface area contributed by atoms with E-state index < -0.39 is 5.79 Å². The van der Waals surface area contributed by atoms with Gasteiger partial charge in [-0.1, -0.05) is 0 Å². The highest BCUT2D eigenvalue weighted by atomic mass is 16.7. The van der Waals surface area contributed by atoms with Gasteiger partial charge in [-0.15, -0.1) is 0 Å². The molecule has 0 saturated carbocycles. The van der Waals surface area contributed by atoms with Crippen LogP contribution in [0.25, 0.3) is 0 Å². The smallest absolute Gasteiger partial charge is 0.246 e. The maximum Gasteiger partial charge on any atom is 0.246 e. The monoisotopic (exact) mass is 182 g/mol. The Morgan fingerprint density at radius 1 is 1.00 bits per heavy atom. The number of aromatic hydroxyl groups is 2. The molecule has 70 valence electrons. The lowest BCUT2D eigenvalue weighted by atomic mass is 10.3. The minimum Gasteiger partial charge on any atom is -0.504 e. The number of phenolic OH excluding ortho intramolecular Hbond substituents is 2. The third-order valence-electron chi connectivity index (χ3n) is 1.77. The van der Waals surface area contributed by atoms with E-state index in [-0.39, 0.29) is 23.0 Å². The molecule has 1 aromatic rings. The Kier molecular flexibility index (Phi) is 1.37. The molecule has 2 N–H and O–H groups in total. The normalized spacial score (nSPS) is 17.4. The molecule has 1 aliphatic rings. The van der Waals surface area contributed by atoms with E-state index in [1.54, 1.807) is 13.8 Å². The number of hydrogen-bond donors (Lipinski definition) is 2. The minimum absolute atomic E-state index is 0.0293. The summed E-state index contributed by atoms with van der Waals surface area (Å²) in [7, 11) is 0. The van der Waals surface area contributed by atoms with Crippen LogP contribution in [-0.4, -0.2) is 16.0 Å². The van der Waals surface area contributed by atoms with Crippen molar-refractivity contribution in [3.05, 3.63) is 12.1 Å². The van der Waals surface area contributed by atoms with Crippen LogP contribution >= 0.6 is 0 Å². The Hall–Kier alpha value is -1.58. The van der Waals surface area contributed by atoms with Gasteiger partial charge in [0.05, 0.1) is 0 Å². The summed E-state index contributed by atoms with van der Waals surface area (Å²) in [5.74, 6) is -0.495. The molecule has 0 atom stereocenters. The highest BCUT2D eigenvalue weighted by Gasteiger charge is 2.35. The molecule has 1 heterocycles. The third kappa shape index (κ3) is 1.14. The van der Waals surface area contributed by atoms with Crippen molar-refractivity contribution in [1.29, 1.82) is 0 Å². The predicted molar refractivity (Wildman–Crippen MR) is 45.1 cm³/mol. The fraction of sp³-hybridized carbons (Fsp3) is 0.333. The molecule has 0 unspecified atom stereocenters. The molecule has 4 heteroatoms. The van der Waals surface area contributed by atoms with Gasteiger partial charge in [0.1, 0.15) is 0 Å². The molecule has 0 amide bonds. The summed E-state index contributed by atoms with van der Waals surface area (Å²) in [5, 5.41) is 18.7. The van der Waals surface area contributed by atoms with Crippen LogP contribution in [0.1, 0.15) is 13.8 Å². The van der Waals surface area contributed by atoms with E-state index in [0.29, 0.717) is 0 Å². The van der Waals surface area contributed by atoms with Gasteiger partial charge in [-0.05, 0) is 12.1 Å². The lowest BCUT2D eigenvalue weighted by molar-refractivity contribution is -0.0447. The molecule has 0 saturated heterocycles. The quantitative estimate of drug-likeness (QED) is 0.598. The molecule has 4 nitrogen and oxygen atoms in total. The van der Waals surface area contributed by atoms with Crippen LogP contribution in [0.5, 0.6) is 23.0 Å². The zero-order valence-electron chi connectivity index (χ0n) is 7.37. The summed E-state index contributed by atoms with van der Waals surface area (Å²) in [6.07, 6.45) is 0. The zero-order valence-corrected chi connectivity index (χ0v) is 7.37. The molecule has 0 spiro atoms. The summed E-state index contributed by atoms with van der Waals surface area (Å²) in [6, 6.07) is 2.72. The Balaban J connectivity index is 2.56. The average Bonchev–Trinajstić information content (AvgIpc) is 2.35. The lowest BCUT2D eigenvalue weighted by Crippen LogP contribution is -2.29. The molecule has 1 aliphatic heterocycles. The fourth-order valence-corrected chi connectivity index (χ4v) is 1.25. The maximum atomic E-state index is 9.37. The molecule has 13 heavy (non-hydrogen) atoms. The standard InChI is InChI=1S/C9H10O4/c1-9(2)12-7-5(10)3-4-6(11)8(7)13-9/h3-4,10-11H,1-2H3. The van der Waals surface area contributed by atoms with Crippen molar-refractivity contribution >= 4 is 0 Å². The van der Waals surface area contributed by atoms with E-state index in [1.807, 2.05) is 0 Å². The fourth-order valence-electron chi connectivity index (χ4n) is 1.25. The highest BCUT2D eigenvalue weighted by molar-refractivity contribution is 5.59. The largest absolute Gasteiger partial charge is 0.504 e. The third-order valence-corrected chi connectivity index (χ3v) is 1.77. The molecule has 0 radical (unpaired) electrons. The van der Waals surface area contributed by atoms with Gasteiger partial charge in [-0.2, -0.15) is 0 Å². The summed E-state index contributed by atoms with van der Waals surface area (Å²) in [6.45, 7) is 3.40. The second kappa shape index (κ2) is 2.22. The summed E-state index contributed by atoms with van der Waals surface area (Å²) in [5.41, 5.74) is 0. The van der Waals surface area contributed by atoms with E-state index in [0.717, 1.165) is 0 Å². The first-order chi connectivity index (χ1) is 5.99. The van der Waals surface area contributed by atoms with Gasteiger partial charge >= 0.3 is 0 Å². The van der Waals surface area contributed by atoms with Crippen LogP contribution in [0.2, 0.25) is 0 Å². The lowest BCUT2D eigenvalue weighted by Gasteiger charge is -2.16. The molecule has 0 bridgehead atoms. The molecule has 2 rings (SSSR count). The van der Waals surface area contributed by atoms with Gasteiger partial charge in [-0.3, -0.25) is 0 Å². The van der Waals surface area contributed by atoms with Crippen LogP contribution in [0.15, 0.2) is 12.1 Å². The Morgan fingerprint density at radius 3 is 1.77 bits per heavy atom. The first-order valence-corrected chi connectivity index (χ1v) is 3.92. The summed E-state index contributed by atoms with van der Waals surface area (Å²) >= 11 is 0. The van der Waals surface area contributed by atoms with Gasteiger partial charge in [0.15, 0.2) is 11.5 Å². The van der Waals surface area contributed by atoms with E-state index in [4.69, 9.17) is 9.47 Å². The Morgan fingerprint density at radius 2 is 1.38 bits per heavy atom. The summed E-state index contributed by atoms with van der Waals surface area (Å²) < 4.78 is 10.5. The van der Waals surface area contributed by atoms with Gasteiger partial charge in [0.2, 0.25) is 17.3 Å². The number of rotatable bonds is 0. The van der Waals surface area contributed by atoms with Crippen molar-refractivity contribution in [2.24, 2.45) is 0 Å². The van der Waals surface area contributed by atoms with Gasteiger partial charge < -0.3 is 19.7 Å². The number of phenols is 2. The second-order valence-electron chi connectivity index (χ2n) is 3.37. The number of ether oxygens (including phenoxy) is 2. The molecular formula is C9H10O4. The molecule has 1 aromatic carbocycles. The van der Waals surface area contributed by atoms with Crippen molar-refractivity contribution in [2.45, 2.75) is 19.6 Å². The van der Waals surface area contributed by atoms with Crippen molar-refractivity contribution in [1.82, 2.24) is 0 Å². The number of benzene rings is 1. The van der Waals surface area contributed by atoms with Crippen LogP contribution in [0, 0.1) is 0 Å². The van der Waals surface area contributed by atoms with Gasteiger partial charge in [0.25, 0.3) is 0 Å². The topological polar surface area (TPSA) is 58.9 Å². The van der Waals surface area contributed by atoms with E-state index in [2.05, 4.69) is 0 Å². The van der Waals surface area contributed by atoms with Crippen LogP contribution in [0.4, 0.5) is 0 Å². The van der Waals surface area contributed by atoms with Crippen molar-refractivity contribution < 1.29 is 19.7 Å². The van der Waals surface area contributed by atoms with Crippen LogP contribution in [-0.2, 0) is 0 Å². The van der Waals surface area contributed by atoms with Gasteiger partial charge in [0, 0.05) is 13.8 Å². The van der Waals surface area contributed by atoms with Crippen molar-refractivity contribution in [2.75, 3.05) is 0 Å². The van der Waals surface area contributed by atoms with Crippen LogP contribution < -0.4 is 9.47 Å². The highest BCUT2D eigenvalue weighted by Crippen LogP contribution is 2.50. The van der Waals surface area contributed by atoms with E-state index in [9.17, 15) is 10.2 Å². The number of hydrogen-bond acceptors (Lipinski definition) is 4. The first-order valence-electron chi connectivity index (χ1n) is 3.92. The van der Waals surface area contributed by atoms with E-state index >= 15 is 0 Å².